The molecule has 1 aliphatic rings. The Morgan fingerprint density at radius 3 is 2.48 bits per heavy atom. The molecule has 0 aromatic heterocycles. The van der Waals surface area contributed by atoms with E-state index in [0.717, 1.165) is 10.5 Å². The van der Waals surface area contributed by atoms with Crippen LogP contribution in [0.1, 0.15) is 12.5 Å². The molecule has 9 heteroatoms. The molecule has 1 amide bonds. The summed E-state index contributed by atoms with van der Waals surface area (Å²) in [6.45, 7) is 1.85. The lowest BCUT2D eigenvalue weighted by Gasteiger charge is -2.44. The molecule has 1 heterocycles. The summed E-state index contributed by atoms with van der Waals surface area (Å²) in [6.07, 6.45) is -7.86. The fourth-order valence-electron chi connectivity index (χ4n) is 2.77. The van der Waals surface area contributed by atoms with E-state index in [9.17, 15) is 25.2 Å². The van der Waals surface area contributed by atoms with Gasteiger partial charge in [0.15, 0.2) is 6.23 Å². The van der Waals surface area contributed by atoms with E-state index in [0.29, 0.717) is 6.61 Å². The van der Waals surface area contributed by atoms with Gasteiger partial charge in [0.05, 0.1) is 19.8 Å². The number of carbonyl (C=O) groups excluding carboxylic acids is 1. The number of rotatable bonds is 8. The van der Waals surface area contributed by atoms with E-state index in [2.05, 4.69) is 0 Å². The lowest BCUT2D eigenvalue weighted by Crippen LogP contribution is -2.64. The number of hydrogen-bond donors (Lipinski definition) is 4. The van der Waals surface area contributed by atoms with Crippen LogP contribution >= 0.6 is 0 Å². The number of aliphatic hydroxyl groups excluding tert-OH is 4. The van der Waals surface area contributed by atoms with E-state index in [1.165, 1.54) is 0 Å². The van der Waals surface area contributed by atoms with Gasteiger partial charge in [-0.3, -0.25) is 4.90 Å². The maximum Gasteiger partial charge on any atom is 0.412 e. The van der Waals surface area contributed by atoms with Crippen LogP contribution in [-0.2, 0) is 20.8 Å². The molecule has 1 aliphatic heterocycles. The highest BCUT2D eigenvalue weighted by atomic mass is 16.6. The molecule has 1 aromatic rings. The smallest absolute Gasteiger partial charge is 0.412 e. The molecule has 0 bridgehead atoms. The molecule has 4 N–H and O–H groups in total. The summed E-state index contributed by atoms with van der Waals surface area (Å²) in [7, 11) is 0. The highest BCUT2D eigenvalue weighted by Gasteiger charge is 2.47. The van der Waals surface area contributed by atoms with E-state index in [1.807, 2.05) is 18.2 Å². The Morgan fingerprint density at radius 1 is 1.15 bits per heavy atom. The minimum absolute atomic E-state index is 0.0161. The molecule has 27 heavy (non-hydrogen) atoms. The zero-order valence-electron chi connectivity index (χ0n) is 15.2. The van der Waals surface area contributed by atoms with Crippen LogP contribution < -0.4 is 0 Å². The molecular formula is C18H27NO8. The van der Waals surface area contributed by atoms with Crippen molar-refractivity contribution < 1.29 is 39.4 Å². The molecule has 9 nitrogen and oxygen atoms in total. The van der Waals surface area contributed by atoms with Gasteiger partial charge in [0.25, 0.3) is 0 Å². The van der Waals surface area contributed by atoms with Crippen LogP contribution in [0.5, 0.6) is 0 Å². The van der Waals surface area contributed by atoms with Gasteiger partial charge in [-0.2, -0.15) is 0 Å². The van der Waals surface area contributed by atoms with Crippen molar-refractivity contribution in [1.82, 2.24) is 4.90 Å². The Hall–Kier alpha value is -1.75. The summed E-state index contributed by atoms with van der Waals surface area (Å²) in [4.78, 5) is 13.7. The van der Waals surface area contributed by atoms with E-state index in [4.69, 9.17) is 14.2 Å². The first-order valence-electron chi connectivity index (χ1n) is 8.85. The third-order valence-electron chi connectivity index (χ3n) is 4.29. The Labute approximate surface area is 157 Å². The second kappa shape index (κ2) is 10.5. The highest BCUT2D eigenvalue weighted by molar-refractivity contribution is 5.68. The normalized spacial score (nSPS) is 28.0. The molecule has 1 aromatic carbocycles. The van der Waals surface area contributed by atoms with Gasteiger partial charge in [-0.25, -0.2) is 4.79 Å². The van der Waals surface area contributed by atoms with Crippen molar-refractivity contribution in [3.8, 4) is 0 Å². The number of nitrogens with zero attached hydrogens (tertiary/aromatic N) is 1. The predicted octanol–water partition coefficient (Wildman–Crippen LogP) is -0.538. The topological polar surface area (TPSA) is 129 Å². The Bertz CT molecular complexity index is 570. The van der Waals surface area contributed by atoms with E-state index in [-0.39, 0.29) is 19.8 Å². The van der Waals surface area contributed by atoms with Crippen LogP contribution in [-0.4, -0.2) is 88.4 Å². The minimum Gasteiger partial charge on any atom is -0.444 e. The molecule has 0 radical (unpaired) electrons. The van der Waals surface area contributed by atoms with Crippen LogP contribution in [0.2, 0.25) is 0 Å². The molecule has 5 atom stereocenters. The van der Waals surface area contributed by atoms with Crippen molar-refractivity contribution in [2.24, 2.45) is 0 Å². The van der Waals surface area contributed by atoms with Gasteiger partial charge >= 0.3 is 6.09 Å². The average molecular weight is 385 g/mol. The summed E-state index contributed by atoms with van der Waals surface area (Å²) in [5.41, 5.74) is 0.782. The highest BCUT2D eigenvalue weighted by Crippen LogP contribution is 2.24. The number of amides is 1. The maximum absolute atomic E-state index is 12.6. The number of benzene rings is 1. The SMILES string of the molecule is CCOCCN(C(=O)OCc1ccccc1)C1O[C@@H](CO)[C@@H](O)[C@H](O)[C@@H]1O. The number of aliphatic hydroxyl groups is 4. The van der Waals surface area contributed by atoms with Gasteiger partial charge in [-0.1, -0.05) is 30.3 Å². The first-order valence-corrected chi connectivity index (χ1v) is 8.85. The molecule has 152 valence electrons. The van der Waals surface area contributed by atoms with Crippen LogP contribution in [0.25, 0.3) is 0 Å². The van der Waals surface area contributed by atoms with Crippen LogP contribution in [0, 0.1) is 0 Å². The third kappa shape index (κ3) is 5.61. The van der Waals surface area contributed by atoms with Crippen LogP contribution in [0.4, 0.5) is 4.79 Å². The largest absolute Gasteiger partial charge is 0.444 e. The van der Waals surface area contributed by atoms with E-state index >= 15 is 0 Å². The minimum atomic E-state index is -1.59. The van der Waals surface area contributed by atoms with Crippen molar-refractivity contribution in [3.63, 3.8) is 0 Å². The lowest BCUT2D eigenvalue weighted by atomic mass is 9.98. The third-order valence-corrected chi connectivity index (χ3v) is 4.29. The molecule has 2 rings (SSSR count). The van der Waals surface area contributed by atoms with Crippen molar-refractivity contribution in [2.45, 2.75) is 44.2 Å². The number of ether oxygens (including phenoxy) is 3. The number of hydrogen-bond acceptors (Lipinski definition) is 8. The van der Waals surface area contributed by atoms with Crippen molar-refractivity contribution in [2.75, 3.05) is 26.4 Å². The van der Waals surface area contributed by atoms with Gasteiger partial charge in [-0.15, -0.1) is 0 Å². The summed E-state index contributed by atoms with van der Waals surface area (Å²) in [6, 6.07) is 9.06. The zero-order chi connectivity index (χ0) is 19.8. The van der Waals surface area contributed by atoms with Crippen LogP contribution in [0.3, 0.4) is 0 Å². The van der Waals surface area contributed by atoms with Crippen molar-refractivity contribution in [1.29, 1.82) is 0 Å². The first-order chi connectivity index (χ1) is 13.0. The molecule has 0 saturated carbocycles. The van der Waals surface area contributed by atoms with E-state index < -0.39 is 43.3 Å². The van der Waals surface area contributed by atoms with Gasteiger partial charge in [0.1, 0.15) is 31.0 Å². The molecule has 0 aliphatic carbocycles. The zero-order valence-corrected chi connectivity index (χ0v) is 15.2. The standard InChI is InChI=1S/C18H27NO8/c1-2-25-9-8-19(18(24)26-11-12-6-4-3-5-7-12)17-16(23)15(22)14(21)13(10-20)27-17/h3-7,13-17,20-23H,2,8-11H2,1H3/t13-,14+,15-,16-,17?/m0/s1. The van der Waals surface area contributed by atoms with Gasteiger partial charge in [0, 0.05) is 6.61 Å². The average Bonchev–Trinajstić information content (AvgIpc) is 2.69. The summed E-state index contributed by atoms with van der Waals surface area (Å²) in [5.74, 6) is 0. The monoisotopic (exact) mass is 385 g/mol. The molecular weight excluding hydrogens is 358 g/mol. The molecule has 1 saturated heterocycles. The fourth-order valence-corrected chi connectivity index (χ4v) is 2.77. The molecule has 1 fully saturated rings. The van der Waals surface area contributed by atoms with Gasteiger partial charge in [-0.05, 0) is 12.5 Å². The predicted molar refractivity (Wildman–Crippen MR) is 93.6 cm³/mol. The van der Waals surface area contributed by atoms with Crippen molar-refractivity contribution in [3.05, 3.63) is 35.9 Å². The Morgan fingerprint density at radius 2 is 1.85 bits per heavy atom. The number of carbonyl (C=O) groups is 1. The quantitative estimate of drug-likeness (QED) is 0.439. The van der Waals surface area contributed by atoms with Gasteiger partial charge in [0.2, 0.25) is 0 Å². The summed E-state index contributed by atoms with van der Waals surface area (Å²) >= 11 is 0. The van der Waals surface area contributed by atoms with Crippen molar-refractivity contribution >= 4 is 6.09 Å². The second-order valence-electron chi connectivity index (χ2n) is 6.15. The Balaban J connectivity index is 2.10. The lowest BCUT2D eigenvalue weighted by molar-refractivity contribution is -0.260. The summed E-state index contributed by atoms with van der Waals surface area (Å²) in [5, 5.41) is 39.5. The Kier molecular flexibility index (Phi) is 8.42. The van der Waals surface area contributed by atoms with E-state index in [1.54, 1.807) is 19.1 Å². The second-order valence-corrected chi connectivity index (χ2v) is 6.15. The molecule has 0 spiro atoms. The van der Waals surface area contributed by atoms with Crippen LogP contribution in [0.15, 0.2) is 30.3 Å². The first kappa shape index (κ1) is 21.5. The van der Waals surface area contributed by atoms with Gasteiger partial charge < -0.3 is 34.6 Å². The maximum atomic E-state index is 12.6. The fraction of sp³-hybridized carbons (Fsp3) is 0.611. The summed E-state index contributed by atoms with van der Waals surface area (Å²) < 4.78 is 16.0. The molecule has 1 unspecified atom stereocenters.